The molecule has 0 spiro atoms. The van der Waals surface area contributed by atoms with Gasteiger partial charge in [-0.1, -0.05) is 108 Å². The number of carbonyl (C=O) groups is 3. The fourth-order valence-corrected chi connectivity index (χ4v) is 6.68. The number of nitrogens with zero attached hydrogens (tertiary/aromatic N) is 1. The molecule has 0 radical (unpaired) electrons. The van der Waals surface area contributed by atoms with Crippen molar-refractivity contribution >= 4 is 18.1 Å². The lowest BCUT2D eigenvalue weighted by atomic mass is 9.99. The second-order valence-electron chi connectivity index (χ2n) is 15.7. The van der Waals surface area contributed by atoms with Crippen LogP contribution >= 0.6 is 0 Å². The van der Waals surface area contributed by atoms with Crippen LogP contribution in [0, 0.1) is 11.8 Å². The molecule has 1 heterocycles. The summed E-state index contributed by atoms with van der Waals surface area (Å²) in [5.74, 6) is -0.865. The van der Waals surface area contributed by atoms with Crippen molar-refractivity contribution in [2.24, 2.45) is 11.8 Å². The number of likely N-dealkylation sites (tertiary alicyclic amines) is 1. The van der Waals surface area contributed by atoms with Gasteiger partial charge in [-0.3, -0.25) is 9.59 Å². The second-order valence-corrected chi connectivity index (χ2v) is 15.7. The third-order valence-electron chi connectivity index (χ3n) is 10.3. The van der Waals surface area contributed by atoms with Gasteiger partial charge in [0.15, 0.2) is 6.29 Å². The number of hydrogen-bond donors (Lipinski definition) is 0. The van der Waals surface area contributed by atoms with Gasteiger partial charge in [0.1, 0.15) is 19.8 Å². The minimum Gasteiger partial charge on any atom is -0.465 e. The average Bonchev–Trinajstić information content (AvgIpc) is 3.24. The zero-order valence-corrected chi connectivity index (χ0v) is 37.9. The van der Waals surface area contributed by atoms with Gasteiger partial charge in [-0.05, 0) is 109 Å². The molecule has 2 atom stereocenters. The van der Waals surface area contributed by atoms with E-state index in [4.69, 9.17) is 28.4 Å². The fourth-order valence-electron chi connectivity index (χ4n) is 6.68. The Hall–Kier alpha value is -2.95. The number of ether oxygens (including phenoxy) is 6. The topological polar surface area (TPSA) is 110 Å². The van der Waals surface area contributed by atoms with Crippen molar-refractivity contribution in [1.29, 1.82) is 0 Å². The zero-order valence-electron chi connectivity index (χ0n) is 37.9. The Balaban J connectivity index is 2.48. The summed E-state index contributed by atoms with van der Waals surface area (Å²) in [4.78, 5) is 40.3. The number of carbonyl (C=O) groups excluding carboxylic acids is 3. The average molecular weight is 832 g/mol. The van der Waals surface area contributed by atoms with Crippen molar-refractivity contribution < 1.29 is 42.8 Å². The first kappa shape index (κ1) is 54.1. The van der Waals surface area contributed by atoms with Gasteiger partial charge in [0.2, 0.25) is 0 Å². The Labute approximate surface area is 359 Å². The maximum Gasteiger partial charge on any atom is 0.508 e. The van der Waals surface area contributed by atoms with Crippen molar-refractivity contribution in [2.45, 2.75) is 175 Å². The molecule has 0 aromatic carbocycles. The molecule has 0 bridgehead atoms. The maximum absolute atomic E-state index is 12.8. The molecule has 0 amide bonds. The molecule has 59 heavy (non-hydrogen) atoms. The van der Waals surface area contributed by atoms with Crippen LogP contribution < -0.4 is 0 Å². The first-order valence-corrected chi connectivity index (χ1v) is 23.6. The molecule has 1 aliphatic heterocycles. The number of piperidine rings is 1. The van der Waals surface area contributed by atoms with Crippen LogP contribution in [0.15, 0.2) is 48.6 Å². The molecule has 0 aliphatic carbocycles. The molecule has 2 unspecified atom stereocenters. The third-order valence-corrected chi connectivity index (χ3v) is 10.3. The fraction of sp³-hybridized carbons (Fsp3) is 0.776. The molecule has 1 aliphatic rings. The highest BCUT2D eigenvalue weighted by Crippen LogP contribution is 2.17. The van der Waals surface area contributed by atoms with Crippen molar-refractivity contribution in [3.63, 3.8) is 0 Å². The zero-order chi connectivity index (χ0) is 42.9. The summed E-state index contributed by atoms with van der Waals surface area (Å²) in [5.41, 5.74) is 0. The van der Waals surface area contributed by atoms with Crippen LogP contribution in [0.2, 0.25) is 0 Å². The summed E-state index contributed by atoms with van der Waals surface area (Å²) < 4.78 is 34.1. The van der Waals surface area contributed by atoms with Gasteiger partial charge >= 0.3 is 18.1 Å². The number of esters is 2. The van der Waals surface area contributed by atoms with Crippen molar-refractivity contribution in [1.82, 2.24) is 4.90 Å². The lowest BCUT2D eigenvalue weighted by Crippen LogP contribution is -2.37. The predicted octanol–water partition coefficient (Wildman–Crippen LogP) is 12.0. The Morgan fingerprint density at radius 1 is 0.610 bits per heavy atom. The molecule has 1 saturated heterocycles. The van der Waals surface area contributed by atoms with Gasteiger partial charge in [0.05, 0.1) is 25.7 Å². The lowest BCUT2D eigenvalue weighted by Gasteiger charge is -2.31. The van der Waals surface area contributed by atoms with Gasteiger partial charge in [-0.25, -0.2) is 4.79 Å². The summed E-state index contributed by atoms with van der Waals surface area (Å²) >= 11 is 0. The van der Waals surface area contributed by atoms with Crippen LogP contribution in [-0.4, -0.2) is 88.6 Å². The van der Waals surface area contributed by atoms with E-state index in [2.05, 4.69) is 81.2 Å². The normalized spacial score (nSPS) is 15.6. The molecule has 0 aromatic heterocycles. The summed E-state index contributed by atoms with van der Waals surface area (Å²) in [7, 11) is 0. The first-order valence-electron chi connectivity index (χ1n) is 23.6. The number of allylic oxidation sites excluding steroid dienone is 6. The van der Waals surface area contributed by atoms with E-state index in [1.54, 1.807) is 0 Å². The Bertz CT molecular complexity index is 1120. The monoisotopic (exact) mass is 832 g/mol. The van der Waals surface area contributed by atoms with E-state index >= 15 is 0 Å². The molecular formula is C49H85NO9. The molecular weight excluding hydrogens is 747 g/mol. The summed E-state index contributed by atoms with van der Waals surface area (Å²) in [6, 6.07) is 0. The number of unbranched alkanes of at least 4 members (excludes halogenated alkanes) is 9. The predicted molar refractivity (Wildman–Crippen MR) is 239 cm³/mol. The molecule has 1 fully saturated rings. The van der Waals surface area contributed by atoms with E-state index < -0.39 is 12.1 Å². The van der Waals surface area contributed by atoms with Gasteiger partial charge in [0.25, 0.3) is 0 Å². The van der Waals surface area contributed by atoms with Gasteiger partial charge in [-0.2, -0.15) is 0 Å². The molecule has 0 N–H and O–H groups in total. The van der Waals surface area contributed by atoms with Crippen molar-refractivity contribution in [3.05, 3.63) is 48.6 Å². The van der Waals surface area contributed by atoms with E-state index in [1.807, 2.05) is 0 Å². The standard InChI is InChI=1S/C49H85NO9/c1-5-9-12-15-16-17-18-19-20-21-22-23-24-25-26-33-46(51)56-41-45(43-59-49(53)58-40-44-32-31-36-50(8-4)39-44)42-57-47(52)34-27-28-35-48(54-37-29-13-10-6-2)55-38-30-14-11-7-3/h10-11,13-14,16-17,19-20,44-45,48H,5-9,12,15,18,21-43H2,1-4H3/b13-10-,14-11-,17-16-,20-19-. The molecule has 0 aromatic rings. The van der Waals surface area contributed by atoms with Gasteiger partial charge in [0, 0.05) is 25.3 Å². The van der Waals surface area contributed by atoms with E-state index in [0.717, 1.165) is 110 Å². The quantitative estimate of drug-likeness (QED) is 0.0196. The summed E-state index contributed by atoms with van der Waals surface area (Å²) in [6.45, 7) is 12.9. The Kier molecular flexibility index (Phi) is 37.1. The van der Waals surface area contributed by atoms with Crippen molar-refractivity contribution in [2.75, 3.05) is 59.3 Å². The highest BCUT2D eigenvalue weighted by molar-refractivity contribution is 5.69. The Morgan fingerprint density at radius 2 is 1.17 bits per heavy atom. The number of hydrogen-bond acceptors (Lipinski definition) is 10. The molecule has 10 nitrogen and oxygen atoms in total. The lowest BCUT2D eigenvalue weighted by molar-refractivity contribution is -0.151. The summed E-state index contributed by atoms with van der Waals surface area (Å²) in [5, 5.41) is 0. The maximum atomic E-state index is 12.8. The van der Waals surface area contributed by atoms with Crippen LogP contribution in [0.25, 0.3) is 0 Å². The van der Waals surface area contributed by atoms with Crippen LogP contribution in [-0.2, 0) is 38.0 Å². The van der Waals surface area contributed by atoms with E-state index in [-0.39, 0.29) is 50.4 Å². The Morgan fingerprint density at radius 3 is 1.78 bits per heavy atom. The third kappa shape index (κ3) is 34.5. The van der Waals surface area contributed by atoms with Gasteiger partial charge in [-0.15, -0.1) is 0 Å². The first-order chi connectivity index (χ1) is 28.9. The number of rotatable bonds is 38. The van der Waals surface area contributed by atoms with Crippen LogP contribution in [0.3, 0.4) is 0 Å². The molecule has 1 rings (SSSR count). The van der Waals surface area contributed by atoms with Gasteiger partial charge < -0.3 is 33.3 Å². The largest absolute Gasteiger partial charge is 0.508 e. The summed E-state index contributed by atoms with van der Waals surface area (Å²) in [6.07, 6.45) is 37.1. The second kappa shape index (κ2) is 40.5. The van der Waals surface area contributed by atoms with Crippen molar-refractivity contribution in [3.8, 4) is 0 Å². The molecule has 10 heteroatoms. The highest BCUT2D eigenvalue weighted by atomic mass is 16.7. The minimum absolute atomic E-state index is 0.00894. The SMILES string of the molecule is CC/C=C\CCOC(CCCCC(=O)OCC(COC(=O)CCCCCCC/C=C\C/C=C\CCCCC)COC(=O)OCC1CCCN(CC)C1)OCC/C=C\CC. The van der Waals surface area contributed by atoms with Crippen LogP contribution in [0.1, 0.15) is 169 Å². The van der Waals surface area contributed by atoms with E-state index in [9.17, 15) is 14.4 Å². The molecule has 340 valence electrons. The molecule has 0 saturated carbocycles. The van der Waals surface area contributed by atoms with Crippen LogP contribution in [0.5, 0.6) is 0 Å². The van der Waals surface area contributed by atoms with E-state index in [1.165, 1.54) is 25.7 Å². The van der Waals surface area contributed by atoms with E-state index in [0.29, 0.717) is 39.1 Å². The van der Waals surface area contributed by atoms with Crippen LogP contribution in [0.4, 0.5) is 4.79 Å². The minimum atomic E-state index is -0.756. The smallest absolute Gasteiger partial charge is 0.465 e. The highest BCUT2D eigenvalue weighted by Gasteiger charge is 2.22.